The molecule has 1 unspecified atom stereocenters. The van der Waals surface area contributed by atoms with Crippen molar-refractivity contribution in [1.29, 1.82) is 0 Å². The second-order valence-corrected chi connectivity index (χ2v) is 18.5. The van der Waals surface area contributed by atoms with Gasteiger partial charge in [0.15, 0.2) is 22.9 Å². The topological polar surface area (TPSA) is 284 Å². The lowest BCUT2D eigenvalue weighted by molar-refractivity contribution is -0.218. The Morgan fingerprint density at radius 2 is 1.83 bits per heavy atom. The van der Waals surface area contributed by atoms with E-state index in [1.807, 2.05) is 12.1 Å². The molecule has 3 aliphatic heterocycles. The van der Waals surface area contributed by atoms with Crippen LogP contribution in [-0.4, -0.2) is 113 Å². The number of carbonyl (C=O) groups is 4. The maximum absolute atomic E-state index is 14.1. The van der Waals surface area contributed by atoms with E-state index in [0.29, 0.717) is 42.8 Å². The first-order valence-corrected chi connectivity index (χ1v) is 20.9. The van der Waals surface area contributed by atoms with Crippen molar-refractivity contribution < 1.29 is 55.5 Å². The molecule has 21 nitrogen and oxygen atoms in total. The van der Waals surface area contributed by atoms with Crippen molar-refractivity contribution in [3.05, 3.63) is 40.4 Å². The van der Waals surface area contributed by atoms with Gasteiger partial charge >= 0.3 is 22.5 Å². The first-order chi connectivity index (χ1) is 27.3. The van der Waals surface area contributed by atoms with Gasteiger partial charge in [-0.1, -0.05) is 11.2 Å². The Labute approximate surface area is 345 Å². The molecule has 23 heteroatoms. The Morgan fingerprint density at radius 3 is 2.46 bits per heavy atom. The van der Waals surface area contributed by atoms with E-state index >= 15 is 0 Å². The minimum atomic E-state index is -5.08. The van der Waals surface area contributed by atoms with Gasteiger partial charge in [-0.15, -0.1) is 15.6 Å². The highest BCUT2D eigenvalue weighted by atomic mass is 32.3. The smallest absolute Gasteiger partial charge is 0.418 e. The van der Waals surface area contributed by atoms with Crippen LogP contribution in [-0.2, 0) is 49.8 Å². The fourth-order valence-corrected chi connectivity index (χ4v) is 7.27. The molecule has 3 amide bonds. The molecule has 1 aromatic heterocycles. The van der Waals surface area contributed by atoms with Crippen LogP contribution in [0.15, 0.2) is 33.7 Å². The number of rotatable bonds is 13. The first kappa shape index (κ1) is 45.0. The van der Waals surface area contributed by atoms with Crippen LogP contribution in [0.5, 0.6) is 5.75 Å². The third-order valence-electron chi connectivity index (χ3n) is 9.04. The van der Waals surface area contributed by atoms with Crippen LogP contribution in [0.2, 0.25) is 0 Å². The fraction of sp³-hybridized carbons (Fsp3) is 0.583. The number of aliphatic imine (C=N–C) groups is 1. The number of oxime groups is 1. The first-order valence-electron chi connectivity index (χ1n) is 18.6. The van der Waals surface area contributed by atoms with Crippen molar-refractivity contribution in [2.75, 3.05) is 25.0 Å². The number of amides is 3. The second-order valence-electron chi connectivity index (χ2n) is 16.6. The molecule has 0 radical (unpaired) electrons. The largest absolute Gasteiger partial charge is 0.485 e. The van der Waals surface area contributed by atoms with Gasteiger partial charge in [0.1, 0.15) is 28.7 Å². The third-order valence-corrected chi connectivity index (χ3v) is 10.1. The molecule has 1 fully saturated rings. The second kappa shape index (κ2) is 16.9. The van der Waals surface area contributed by atoms with E-state index in [1.165, 1.54) is 26.2 Å². The highest BCUT2D eigenvalue weighted by molar-refractivity contribution is 7.80. The standard InChI is InChI=1S/C36H51N9O12S2/c1-33(2,3)54-29(48)36(9,24-13-11-20-16-19(10-12-23(20)53-24)21-17-39-30(40-21)38-15-14-37)56-44-25(22-18-58-31(41-22)43-32(49)55-34(4,5)6)27(46)42-26-28(47)45(35(26,7)8)57-59(50,51)52/h10,12,16,18,21,24,26H,11,13-15,17,37H2,1-9H3,(H,42,46)(H2,38,39,40)(H,41,43,49)(H,50,51,52)/b44-25-/t21?,24-,26-,36+/m1/s1. The van der Waals surface area contributed by atoms with Gasteiger partial charge in [-0.05, 0) is 98.4 Å². The molecule has 0 spiro atoms. The summed E-state index contributed by atoms with van der Waals surface area (Å²) in [5, 5.41) is 17.3. The van der Waals surface area contributed by atoms with E-state index in [9.17, 15) is 32.1 Å². The number of β-lactam (4-membered cyclic amide) rings is 1. The number of aromatic nitrogens is 1. The molecule has 5 rings (SSSR count). The number of ether oxygens (including phenoxy) is 3. The molecule has 0 aliphatic carbocycles. The number of hydroxylamine groups is 2. The number of aryl methyl sites for hydroxylation is 1. The number of guanidine groups is 1. The summed E-state index contributed by atoms with van der Waals surface area (Å²) in [7, 11) is -5.08. The Hall–Kier alpha value is -5.10. The molecule has 0 bridgehead atoms. The van der Waals surface area contributed by atoms with Gasteiger partial charge in [0.2, 0.25) is 0 Å². The highest BCUT2D eigenvalue weighted by Crippen LogP contribution is 2.38. The molecular formula is C36H51N9O12S2. The predicted molar refractivity (Wildman–Crippen MR) is 214 cm³/mol. The van der Waals surface area contributed by atoms with Crippen LogP contribution in [0.3, 0.4) is 0 Å². The number of nitrogens with one attached hydrogen (secondary N) is 4. The molecular weight excluding hydrogens is 815 g/mol. The van der Waals surface area contributed by atoms with Crippen LogP contribution in [0, 0.1) is 0 Å². The molecule has 7 N–H and O–H groups in total. The zero-order chi connectivity index (χ0) is 43.7. The Bertz CT molecular complexity index is 2130. The molecule has 59 heavy (non-hydrogen) atoms. The Balaban J connectivity index is 1.46. The van der Waals surface area contributed by atoms with E-state index in [2.05, 4.69) is 35.7 Å². The number of esters is 1. The zero-order valence-corrected chi connectivity index (χ0v) is 35.8. The van der Waals surface area contributed by atoms with Gasteiger partial charge < -0.3 is 40.7 Å². The quantitative estimate of drug-likeness (QED) is 0.0553. The summed E-state index contributed by atoms with van der Waals surface area (Å²) in [6.07, 6.45) is -1.11. The molecule has 4 heterocycles. The highest BCUT2D eigenvalue weighted by Gasteiger charge is 2.58. The third kappa shape index (κ3) is 10.9. The number of benzene rings is 1. The lowest BCUT2D eigenvalue weighted by atomic mass is 9.84. The average Bonchev–Trinajstić information content (AvgIpc) is 3.79. The fourth-order valence-electron chi connectivity index (χ4n) is 6.14. The summed E-state index contributed by atoms with van der Waals surface area (Å²) in [4.78, 5) is 68.6. The molecule has 3 aliphatic rings. The van der Waals surface area contributed by atoms with Crippen LogP contribution in [0.25, 0.3) is 0 Å². The number of nitrogens with zero attached hydrogens (tertiary/aromatic N) is 4. The van der Waals surface area contributed by atoms with Crippen molar-refractivity contribution in [2.45, 2.75) is 116 Å². The lowest BCUT2D eigenvalue weighted by Gasteiger charge is -2.50. The molecule has 1 saturated heterocycles. The number of thiazole rings is 1. The molecule has 2 aromatic rings. The van der Waals surface area contributed by atoms with Gasteiger partial charge in [-0.25, -0.2) is 19.6 Å². The van der Waals surface area contributed by atoms with Gasteiger partial charge in [0, 0.05) is 25.0 Å². The summed E-state index contributed by atoms with van der Waals surface area (Å²) in [5.74, 6) is -1.76. The molecule has 324 valence electrons. The van der Waals surface area contributed by atoms with Crippen molar-refractivity contribution in [2.24, 2.45) is 15.9 Å². The maximum Gasteiger partial charge on any atom is 0.418 e. The number of hydrogen-bond acceptors (Lipinski definition) is 18. The van der Waals surface area contributed by atoms with E-state index < -0.39 is 74.5 Å². The van der Waals surface area contributed by atoms with Gasteiger partial charge in [0.05, 0.1) is 11.6 Å². The van der Waals surface area contributed by atoms with E-state index in [4.69, 9.17) is 29.8 Å². The summed E-state index contributed by atoms with van der Waals surface area (Å²) >= 11 is 0.911. The van der Waals surface area contributed by atoms with Gasteiger partial charge in [-0.3, -0.25) is 19.5 Å². The average molecular weight is 866 g/mol. The Kier molecular flexibility index (Phi) is 12.9. The van der Waals surface area contributed by atoms with E-state index in [0.717, 1.165) is 22.5 Å². The van der Waals surface area contributed by atoms with Gasteiger partial charge in [-0.2, -0.15) is 13.5 Å². The minimum Gasteiger partial charge on any atom is -0.485 e. The number of carbonyl (C=O) groups excluding carboxylic acids is 4. The van der Waals surface area contributed by atoms with Crippen LogP contribution >= 0.6 is 11.3 Å². The molecule has 1 aromatic carbocycles. The Morgan fingerprint density at radius 1 is 1.14 bits per heavy atom. The van der Waals surface area contributed by atoms with E-state index in [-0.39, 0.29) is 23.3 Å². The summed E-state index contributed by atoms with van der Waals surface area (Å²) in [6.45, 7) is 15.8. The molecule has 0 saturated carbocycles. The van der Waals surface area contributed by atoms with Gasteiger partial charge in [0.25, 0.3) is 17.4 Å². The van der Waals surface area contributed by atoms with Crippen LogP contribution in [0.4, 0.5) is 9.93 Å². The van der Waals surface area contributed by atoms with Crippen molar-refractivity contribution in [3.8, 4) is 5.75 Å². The molecule has 4 atom stereocenters. The monoisotopic (exact) mass is 865 g/mol. The number of fused-ring (bicyclic) bond motifs is 1. The number of nitrogens with two attached hydrogens (primary N) is 1. The normalized spacial score (nSPS) is 21.4. The summed E-state index contributed by atoms with van der Waals surface area (Å²) in [6, 6.07) is 4.13. The van der Waals surface area contributed by atoms with Crippen LogP contribution < -0.4 is 31.7 Å². The summed E-state index contributed by atoms with van der Waals surface area (Å²) < 4.78 is 53.8. The number of anilines is 1. The predicted octanol–water partition coefficient (Wildman–Crippen LogP) is 2.09. The van der Waals surface area contributed by atoms with Crippen molar-refractivity contribution in [1.82, 2.24) is 26.0 Å². The van der Waals surface area contributed by atoms with Crippen molar-refractivity contribution in [3.63, 3.8) is 0 Å². The van der Waals surface area contributed by atoms with E-state index in [1.54, 1.807) is 47.6 Å². The maximum atomic E-state index is 14.1. The lowest BCUT2D eigenvalue weighted by Crippen LogP contribution is -2.76. The summed E-state index contributed by atoms with van der Waals surface area (Å²) in [5.41, 5.74) is 1.46. The van der Waals surface area contributed by atoms with Crippen LogP contribution in [0.1, 0.15) is 91.6 Å². The minimum absolute atomic E-state index is 0.00569. The SMILES string of the molecule is CC(C)(C)OC(=O)Nc1nc(/C(=N/O[C@](C)(C(=O)OC(C)(C)C)[C@H]2CCc3cc(C4CNC(NCCN)=N4)ccc3O2)C(=O)N[C@@H]2C(=O)N(OS(=O)(=O)O)C2(C)C)cs1. The van der Waals surface area contributed by atoms with Crippen molar-refractivity contribution >= 4 is 62.4 Å². The zero-order valence-electron chi connectivity index (χ0n) is 34.2. The number of hydrogen-bond donors (Lipinski definition) is 6.